The quantitative estimate of drug-likeness (QED) is 0.0211. The topological polar surface area (TPSA) is 108 Å². The zero-order valence-corrected chi connectivity index (χ0v) is 44.4. The Kier molecular flexibility index (Phi) is 45.9. The molecule has 0 rings (SSSR count). The van der Waals surface area contributed by atoms with Gasteiger partial charge in [0.1, 0.15) is 19.8 Å². The number of hydrogen-bond acceptors (Lipinski definition) is 7. The molecular weight excluding hydrogens is 870 g/mol. The Bertz CT molecular complexity index is 1560. The van der Waals surface area contributed by atoms with E-state index in [2.05, 4.69) is 135 Å². The number of hydrogen-bond donors (Lipinski definition) is 1. The van der Waals surface area contributed by atoms with E-state index in [1.54, 1.807) is 0 Å². The van der Waals surface area contributed by atoms with Gasteiger partial charge in [-0.05, 0) is 89.9 Å². The first-order chi connectivity index (χ1) is 33.0. The fraction of sp³-hybridized carbons (Fsp3) is 0.621. The van der Waals surface area contributed by atoms with Crippen molar-refractivity contribution >= 4 is 19.8 Å². The first-order valence-corrected chi connectivity index (χ1v) is 27.8. The van der Waals surface area contributed by atoms with Crippen molar-refractivity contribution in [3.8, 4) is 0 Å². The van der Waals surface area contributed by atoms with Gasteiger partial charge in [0.25, 0.3) is 0 Å². The lowest BCUT2D eigenvalue weighted by atomic mass is 10.1. The van der Waals surface area contributed by atoms with Crippen molar-refractivity contribution in [3.05, 3.63) is 122 Å². The van der Waals surface area contributed by atoms with Gasteiger partial charge < -0.3 is 18.9 Å². The first-order valence-electron chi connectivity index (χ1n) is 26.3. The fourth-order valence-electron chi connectivity index (χ4n) is 6.45. The van der Waals surface area contributed by atoms with Gasteiger partial charge in [-0.3, -0.25) is 18.6 Å². The van der Waals surface area contributed by atoms with E-state index in [-0.39, 0.29) is 32.0 Å². The molecule has 0 heterocycles. The molecule has 0 aromatic heterocycles. The molecule has 0 aliphatic rings. The van der Waals surface area contributed by atoms with Crippen LogP contribution in [0.2, 0.25) is 0 Å². The van der Waals surface area contributed by atoms with Crippen LogP contribution < -0.4 is 0 Å². The van der Waals surface area contributed by atoms with Gasteiger partial charge in [-0.2, -0.15) is 0 Å². The molecule has 0 aliphatic heterocycles. The summed E-state index contributed by atoms with van der Waals surface area (Å²) >= 11 is 0. The van der Waals surface area contributed by atoms with Crippen molar-refractivity contribution in [2.45, 2.75) is 187 Å². The molecule has 68 heavy (non-hydrogen) atoms. The van der Waals surface area contributed by atoms with Crippen LogP contribution in [0.15, 0.2) is 122 Å². The maximum Gasteiger partial charge on any atom is 0.472 e. The Morgan fingerprint density at radius 3 is 1.25 bits per heavy atom. The van der Waals surface area contributed by atoms with Gasteiger partial charge in [-0.1, -0.05) is 200 Å². The molecule has 2 unspecified atom stereocenters. The Balaban J connectivity index is 4.29. The van der Waals surface area contributed by atoms with Crippen molar-refractivity contribution in [1.82, 2.24) is 0 Å². The van der Waals surface area contributed by atoms with Crippen LogP contribution in [0.25, 0.3) is 0 Å². The van der Waals surface area contributed by atoms with Crippen LogP contribution in [0.5, 0.6) is 0 Å². The highest BCUT2D eigenvalue weighted by Crippen LogP contribution is 2.43. The van der Waals surface area contributed by atoms with Crippen LogP contribution in [-0.2, 0) is 32.7 Å². The van der Waals surface area contributed by atoms with E-state index >= 15 is 0 Å². The summed E-state index contributed by atoms with van der Waals surface area (Å²) in [5.41, 5.74) is 0. The maximum absolute atomic E-state index is 12.7. The van der Waals surface area contributed by atoms with Gasteiger partial charge in [0.2, 0.25) is 0 Å². The summed E-state index contributed by atoms with van der Waals surface area (Å²) in [7, 11) is 1.43. The van der Waals surface area contributed by atoms with Gasteiger partial charge in [0.15, 0.2) is 6.10 Å². The van der Waals surface area contributed by atoms with Gasteiger partial charge in [-0.15, -0.1) is 0 Å². The fourth-order valence-corrected chi connectivity index (χ4v) is 7.19. The van der Waals surface area contributed by atoms with E-state index in [0.29, 0.717) is 17.4 Å². The predicted octanol–water partition coefficient (Wildman–Crippen LogP) is 16.0. The Morgan fingerprint density at radius 1 is 0.471 bits per heavy atom. The molecule has 0 saturated heterocycles. The van der Waals surface area contributed by atoms with Crippen molar-refractivity contribution < 1.29 is 42.1 Å². The summed E-state index contributed by atoms with van der Waals surface area (Å²) in [4.78, 5) is 35.4. The molecule has 0 aromatic rings. The van der Waals surface area contributed by atoms with Crippen LogP contribution in [-0.4, -0.2) is 74.9 Å². The van der Waals surface area contributed by atoms with Crippen LogP contribution in [0, 0.1) is 0 Å². The zero-order valence-electron chi connectivity index (χ0n) is 43.5. The number of phosphoric acid groups is 1. The van der Waals surface area contributed by atoms with E-state index in [1.807, 2.05) is 21.1 Å². The summed E-state index contributed by atoms with van der Waals surface area (Å²) < 4.78 is 34.3. The number of carbonyl (C=O) groups is 2. The first kappa shape index (κ1) is 64.4. The van der Waals surface area contributed by atoms with Crippen molar-refractivity contribution in [1.29, 1.82) is 0 Å². The summed E-state index contributed by atoms with van der Waals surface area (Å²) in [6.45, 7) is 4.23. The average molecular weight is 967 g/mol. The summed E-state index contributed by atoms with van der Waals surface area (Å²) in [5.74, 6) is -0.859. The summed E-state index contributed by atoms with van der Waals surface area (Å²) in [5, 5.41) is 0. The summed E-state index contributed by atoms with van der Waals surface area (Å²) in [6.07, 6.45) is 68.4. The molecule has 0 amide bonds. The molecule has 0 radical (unpaired) electrons. The van der Waals surface area contributed by atoms with E-state index in [4.69, 9.17) is 18.5 Å². The molecular formula is C58H97NO8P+. The number of carbonyl (C=O) groups excluding carboxylic acids is 2. The SMILES string of the molecule is CC/C=C\C/C=C\C/C=C\C/C=C\C/C=C\C/C=C\C/C=C\C/C=C\C/C=C\C/C=C\CCCCC(=O)OC(COC(=O)CCCCCCCCCCCCC)COP(=O)(O)OCC[N+](C)(C)C. The second kappa shape index (κ2) is 48.4. The standard InChI is InChI=1S/C58H96NO8P/c1-6-8-10-12-14-16-18-19-20-21-22-23-24-25-26-27-28-29-30-31-32-33-34-35-36-37-38-39-41-43-45-47-49-51-58(61)67-56(55-66-68(62,63)65-53-52-59(3,4)5)54-64-57(60)50-48-46-44-42-40-17-15-13-11-9-7-2/h8,10,14,16,19-20,22-23,25-26,28-29,31-32,34-35,37-38,41,43,56H,6-7,9,11-13,15,17-18,21,24,27,30,33,36,39-40,42,44-55H2,1-5H3/p+1/b10-8-,16-14-,20-19-,23-22-,26-25-,29-28-,32-31-,35-34-,38-37-,43-41-. The van der Waals surface area contributed by atoms with Crippen LogP contribution in [0.3, 0.4) is 0 Å². The Hall–Kier alpha value is -3.59. The molecule has 0 aliphatic carbocycles. The number of rotatable bonds is 46. The van der Waals surface area contributed by atoms with Crippen LogP contribution in [0.4, 0.5) is 0 Å². The van der Waals surface area contributed by atoms with E-state index in [0.717, 1.165) is 96.3 Å². The predicted molar refractivity (Wildman–Crippen MR) is 288 cm³/mol. The number of quaternary nitrogens is 1. The van der Waals surface area contributed by atoms with Crippen LogP contribution in [0.1, 0.15) is 181 Å². The second-order valence-corrected chi connectivity index (χ2v) is 19.6. The molecule has 2 atom stereocenters. The Morgan fingerprint density at radius 2 is 0.838 bits per heavy atom. The average Bonchev–Trinajstić information content (AvgIpc) is 3.30. The molecule has 0 fully saturated rings. The molecule has 9 nitrogen and oxygen atoms in total. The number of unbranched alkanes of at least 4 members (excludes halogenated alkanes) is 12. The largest absolute Gasteiger partial charge is 0.472 e. The van der Waals surface area contributed by atoms with Gasteiger partial charge in [0.05, 0.1) is 27.7 Å². The third-order valence-corrected chi connectivity index (χ3v) is 11.5. The van der Waals surface area contributed by atoms with Crippen LogP contribution >= 0.6 is 7.82 Å². The smallest absolute Gasteiger partial charge is 0.462 e. The summed E-state index contributed by atoms with van der Waals surface area (Å²) in [6, 6.07) is 0. The number of esters is 2. The van der Waals surface area contributed by atoms with E-state index in [1.165, 1.54) is 51.4 Å². The van der Waals surface area contributed by atoms with Crippen molar-refractivity contribution in [2.75, 3.05) is 47.5 Å². The maximum atomic E-state index is 12.7. The molecule has 0 bridgehead atoms. The van der Waals surface area contributed by atoms with E-state index in [9.17, 15) is 19.0 Å². The number of phosphoric ester groups is 1. The van der Waals surface area contributed by atoms with Crippen molar-refractivity contribution in [2.24, 2.45) is 0 Å². The molecule has 0 spiro atoms. The van der Waals surface area contributed by atoms with E-state index < -0.39 is 26.5 Å². The monoisotopic (exact) mass is 967 g/mol. The lowest BCUT2D eigenvalue weighted by molar-refractivity contribution is -0.870. The number of allylic oxidation sites excluding steroid dienone is 20. The lowest BCUT2D eigenvalue weighted by Crippen LogP contribution is -2.37. The van der Waals surface area contributed by atoms with Crippen molar-refractivity contribution in [3.63, 3.8) is 0 Å². The minimum absolute atomic E-state index is 0.0174. The molecule has 0 aromatic carbocycles. The van der Waals surface area contributed by atoms with Gasteiger partial charge in [-0.25, -0.2) is 4.57 Å². The number of likely N-dealkylation sites (N-methyl/N-ethyl adjacent to an activating group) is 1. The molecule has 386 valence electrons. The highest BCUT2D eigenvalue weighted by Gasteiger charge is 2.27. The second-order valence-electron chi connectivity index (χ2n) is 18.2. The number of nitrogens with zero attached hydrogens (tertiary/aromatic N) is 1. The highest BCUT2D eigenvalue weighted by molar-refractivity contribution is 7.47. The number of ether oxygens (including phenoxy) is 2. The molecule has 1 N–H and O–H groups in total. The third kappa shape index (κ3) is 51.8. The van der Waals surface area contributed by atoms with Gasteiger partial charge in [0, 0.05) is 12.8 Å². The minimum Gasteiger partial charge on any atom is -0.462 e. The lowest BCUT2D eigenvalue weighted by Gasteiger charge is -2.24. The molecule has 10 heteroatoms. The minimum atomic E-state index is -4.40. The highest BCUT2D eigenvalue weighted by atomic mass is 31.2. The Labute approximate surface area is 416 Å². The van der Waals surface area contributed by atoms with Gasteiger partial charge >= 0.3 is 19.8 Å². The normalized spacial score (nSPS) is 14.4. The molecule has 0 saturated carbocycles. The third-order valence-electron chi connectivity index (χ3n) is 10.5. The zero-order chi connectivity index (χ0) is 49.9.